The zero-order valence-electron chi connectivity index (χ0n) is 11.3. The quantitative estimate of drug-likeness (QED) is 0.573. The van der Waals surface area contributed by atoms with Crippen LogP contribution in [0.1, 0.15) is 58.8 Å². The van der Waals surface area contributed by atoms with Gasteiger partial charge in [-0.1, -0.05) is 39.5 Å². The predicted molar refractivity (Wildman–Crippen MR) is 73.0 cm³/mol. The molecule has 98 valence electrons. The van der Waals surface area contributed by atoms with Crippen LogP contribution in [-0.4, -0.2) is 18.0 Å². The van der Waals surface area contributed by atoms with Gasteiger partial charge in [-0.25, -0.2) is 4.99 Å². The molecule has 0 aliphatic heterocycles. The van der Waals surface area contributed by atoms with Gasteiger partial charge in [0, 0.05) is 6.04 Å². The van der Waals surface area contributed by atoms with Gasteiger partial charge in [0.1, 0.15) is 0 Å². The van der Waals surface area contributed by atoms with Gasteiger partial charge in [0.2, 0.25) is 0 Å². The van der Waals surface area contributed by atoms with Crippen LogP contribution in [0.4, 0.5) is 0 Å². The number of nitrogens with one attached hydrogen (secondary N) is 1. The smallest absolute Gasteiger partial charge is 0.189 e. The maximum absolute atomic E-state index is 6.03. The average Bonchev–Trinajstić information content (AvgIpc) is 2.77. The molecule has 2 aliphatic rings. The van der Waals surface area contributed by atoms with E-state index in [0.29, 0.717) is 24.0 Å². The van der Waals surface area contributed by atoms with Crippen molar-refractivity contribution in [3.63, 3.8) is 0 Å². The molecule has 0 radical (unpaired) electrons. The van der Waals surface area contributed by atoms with Gasteiger partial charge in [0.15, 0.2) is 5.96 Å². The van der Waals surface area contributed by atoms with Gasteiger partial charge < -0.3 is 11.1 Å². The van der Waals surface area contributed by atoms with Crippen LogP contribution in [-0.2, 0) is 0 Å². The maximum atomic E-state index is 6.03. The van der Waals surface area contributed by atoms with E-state index in [2.05, 4.69) is 19.2 Å². The molecule has 17 heavy (non-hydrogen) atoms. The fourth-order valence-corrected chi connectivity index (χ4v) is 3.23. The normalized spacial score (nSPS) is 36.1. The van der Waals surface area contributed by atoms with Gasteiger partial charge in [0.05, 0.1) is 6.04 Å². The Bertz CT molecular complexity index is 269. The fourth-order valence-electron chi connectivity index (χ4n) is 3.23. The van der Waals surface area contributed by atoms with Crippen molar-refractivity contribution in [3.05, 3.63) is 0 Å². The van der Waals surface area contributed by atoms with Crippen molar-refractivity contribution in [2.75, 3.05) is 0 Å². The zero-order chi connectivity index (χ0) is 12.3. The van der Waals surface area contributed by atoms with Crippen molar-refractivity contribution in [1.82, 2.24) is 5.32 Å². The van der Waals surface area contributed by atoms with Crippen molar-refractivity contribution in [1.29, 1.82) is 0 Å². The van der Waals surface area contributed by atoms with Crippen molar-refractivity contribution in [3.8, 4) is 0 Å². The Morgan fingerprint density at radius 2 is 1.76 bits per heavy atom. The minimum atomic E-state index is 0.438. The van der Waals surface area contributed by atoms with E-state index in [0.717, 1.165) is 5.92 Å². The third-order valence-electron chi connectivity index (χ3n) is 4.68. The van der Waals surface area contributed by atoms with Crippen LogP contribution in [0.5, 0.6) is 0 Å². The molecular formula is C14H27N3. The second-order valence-electron chi connectivity index (χ2n) is 5.97. The average molecular weight is 237 g/mol. The third kappa shape index (κ3) is 3.36. The number of nitrogens with zero attached hydrogens (tertiary/aromatic N) is 1. The monoisotopic (exact) mass is 237 g/mol. The lowest BCUT2D eigenvalue weighted by Gasteiger charge is -2.31. The van der Waals surface area contributed by atoms with E-state index < -0.39 is 0 Å². The Morgan fingerprint density at radius 1 is 1.06 bits per heavy atom. The molecule has 3 heteroatoms. The van der Waals surface area contributed by atoms with E-state index in [1.807, 2.05) is 0 Å². The van der Waals surface area contributed by atoms with Gasteiger partial charge in [0.25, 0.3) is 0 Å². The summed E-state index contributed by atoms with van der Waals surface area (Å²) in [7, 11) is 0. The molecule has 0 heterocycles. The van der Waals surface area contributed by atoms with Gasteiger partial charge >= 0.3 is 0 Å². The van der Waals surface area contributed by atoms with Crippen LogP contribution < -0.4 is 11.1 Å². The summed E-state index contributed by atoms with van der Waals surface area (Å²) in [6, 6.07) is 1.02. The Morgan fingerprint density at radius 3 is 2.47 bits per heavy atom. The van der Waals surface area contributed by atoms with Crippen LogP contribution in [0, 0.1) is 11.8 Å². The lowest BCUT2D eigenvalue weighted by atomic mass is 9.78. The molecule has 0 spiro atoms. The molecule has 0 saturated heterocycles. The number of aliphatic imine (C=N–C) groups is 1. The number of rotatable bonds is 2. The van der Waals surface area contributed by atoms with Crippen molar-refractivity contribution >= 4 is 5.96 Å². The molecular weight excluding hydrogens is 210 g/mol. The van der Waals surface area contributed by atoms with E-state index in [1.165, 1.54) is 44.9 Å². The summed E-state index contributed by atoms with van der Waals surface area (Å²) >= 11 is 0. The van der Waals surface area contributed by atoms with E-state index in [1.54, 1.807) is 0 Å². The molecule has 2 rings (SSSR count). The van der Waals surface area contributed by atoms with Crippen molar-refractivity contribution in [2.45, 2.75) is 70.9 Å². The minimum absolute atomic E-state index is 0.438. The first-order valence-corrected chi connectivity index (χ1v) is 7.26. The van der Waals surface area contributed by atoms with Crippen LogP contribution in [0.3, 0.4) is 0 Å². The Balaban J connectivity index is 1.87. The minimum Gasteiger partial charge on any atom is -0.370 e. The van der Waals surface area contributed by atoms with Gasteiger partial charge in [-0.3, -0.25) is 0 Å². The molecule has 2 fully saturated rings. The zero-order valence-corrected chi connectivity index (χ0v) is 11.3. The molecule has 2 saturated carbocycles. The highest BCUT2D eigenvalue weighted by Gasteiger charge is 2.27. The Labute approximate surface area is 105 Å². The Kier molecular flexibility index (Phi) is 4.30. The summed E-state index contributed by atoms with van der Waals surface area (Å²) in [5.74, 6) is 2.15. The van der Waals surface area contributed by atoms with Gasteiger partial charge in [-0.15, -0.1) is 0 Å². The second-order valence-corrected chi connectivity index (χ2v) is 5.97. The lowest BCUT2D eigenvalue weighted by Crippen LogP contribution is -2.40. The second kappa shape index (κ2) is 5.74. The van der Waals surface area contributed by atoms with Crippen LogP contribution in [0.15, 0.2) is 4.99 Å². The largest absolute Gasteiger partial charge is 0.370 e. The van der Waals surface area contributed by atoms with Crippen LogP contribution >= 0.6 is 0 Å². The molecule has 0 aromatic rings. The maximum Gasteiger partial charge on any atom is 0.189 e. The highest BCUT2D eigenvalue weighted by molar-refractivity contribution is 5.78. The van der Waals surface area contributed by atoms with E-state index >= 15 is 0 Å². The van der Waals surface area contributed by atoms with Gasteiger partial charge in [-0.05, 0) is 31.1 Å². The summed E-state index contributed by atoms with van der Waals surface area (Å²) < 4.78 is 0. The van der Waals surface area contributed by atoms with Crippen molar-refractivity contribution < 1.29 is 0 Å². The van der Waals surface area contributed by atoms with E-state index in [9.17, 15) is 0 Å². The summed E-state index contributed by atoms with van der Waals surface area (Å²) in [5, 5.41) is 3.39. The van der Waals surface area contributed by atoms with E-state index in [-0.39, 0.29) is 0 Å². The number of hydrogen-bond donors (Lipinski definition) is 2. The number of hydrogen-bond acceptors (Lipinski definition) is 1. The first-order valence-electron chi connectivity index (χ1n) is 7.26. The highest BCUT2D eigenvalue weighted by Crippen LogP contribution is 2.31. The van der Waals surface area contributed by atoms with Crippen LogP contribution in [0.2, 0.25) is 0 Å². The van der Waals surface area contributed by atoms with Gasteiger partial charge in [-0.2, -0.15) is 0 Å². The first-order chi connectivity index (χ1) is 8.16. The molecule has 3 N–H and O–H groups in total. The highest BCUT2D eigenvalue weighted by atomic mass is 15.1. The van der Waals surface area contributed by atoms with Crippen LogP contribution in [0.25, 0.3) is 0 Å². The molecule has 3 unspecified atom stereocenters. The molecule has 3 atom stereocenters. The van der Waals surface area contributed by atoms with Crippen molar-refractivity contribution in [2.24, 2.45) is 22.6 Å². The fraction of sp³-hybridized carbons (Fsp3) is 0.929. The first kappa shape index (κ1) is 12.7. The Hall–Kier alpha value is -0.730. The molecule has 3 nitrogen and oxygen atoms in total. The predicted octanol–water partition coefficient (Wildman–Crippen LogP) is 2.66. The molecule has 2 aliphatic carbocycles. The summed E-state index contributed by atoms with van der Waals surface area (Å²) in [5.41, 5.74) is 6.03. The molecule has 0 aromatic carbocycles. The third-order valence-corrected chi connectivity index (χ3v) is 4.68. The van der Waals surface area contributed by atoms with E-state index in [4.69, 9.17) is 10.7 Å². The number of nitrogens with two attached hydrogens (primary N) is 1. The molecule has 0 aromatic heterocycles. The lowest BCUT2D eigenvalue weighted by molar-refractivity contribution is 0.241. The number of guanidine groups is 1. The standard InChI is InChI=1S/C14H27N3/c1-10-6-5-9-13(11(10)2)17-14(15)16-12-7-3-4-8-12/h10-13H,3-9H2,1-2H3,(H3,15,16,17). The summed E-state index contributed by atoms with van der Waals surface area (Å²) in [6.07, 6.45) is 9.04. The molecule has 0 bridgehead atoms. The summed E-state index contributed by atoms with van der Waals surface area (Å²) in [6.45, 7) is 4.66. The summed E-state index contributed by atoms with van der Waals surface area (Å²) in [4.78, 5) is 4.71. The topological polar surface area (TPSA) is 50.4 Å². The molecule has 0 amide bonds. The SMILES string of the molecule is CC1CCCC(N=C(N)NC2CCCC2)C1C.